The van der Waals surface area contributed by atoms with Crippen molar-refractivity contribution < 1.29 is 9.13 Å². The maximum atomic E-state index is 13.4. The lowest BCUT2D eigenvalue weighted by atomic mass is 10.0. The van der Waals surface area contributed by atoms with Gasteiger partial charge in [-0.05, 0) is 79.2 Å². The van der Waals surface area contributed by atoms with Crippen molar-refractivity contribution in [3.63, 3.8) is 0 Å². The van der Waals surface area contributed by atoms with Crippen LogP contribution in [-0.4, -0.2) is 34.3 Å². The number of aromatic nitrogens is 1. The molecular weight excluding hydrogens is 425 g/mol. The average molecular weight is 454 g/mol. The average Bonchev–Trinajstić information content (AvgIpc) is 3.30. The molecule has 1 atom stereocenters. The number of hydrogen-bond acceptors (Lipinski definition) is 3. The first-order valence-corrected chi connectivity index (χ1v) is 11.3. The third-order valence-electron chi connectivity index (χ3n) is 6.07. The molecular formula is C25H28FN3O2S. The van der Waals surface area contributed by atoms with E-state index in [9.17, 15) is 9.18 Å². The third-order valence-corrected chi connectivity index (χ3v) is 6.47. The first-order chi connectivity index (χ1) is 15.4. The Balaban J connectivity index is 1.59. The van der Waals surface area contributed by atoms with Crippen molar-refractivity contribution in [3.05, 3.63) is 80.9 Å². The van der Waals surface area contributed by atoms with Gasteiger partial charge in [-0.2, -0.15) is 0 Å². The molecule has 0 spiro atoms. The van der Waals surface area contributed by atoms with Crippen LogP contribution in [0.2, 0.25) is 0 Å². The molecule has 0 amide bonds. The monoisotopic (exact) mass is 453 g/mol. The number of benzene rings is 2. The molecule has 0 bridgehead atoms. The van der Waals surface area contributed by atoms with Crippen molar-refractivity contribution >= 4 is 28.2 Å². The lowest BCUT2D eigenvalue weighted by Crippen LogP contribution is -2.42. The van der Waals surface area contributed by atoms with Crippen LogP contribution in [0.5, 0.6) is 0 Å². The summed E-state index contributed by atoms with van der Waals surface area (Å²) >= 11 is 5.68. The van der Waals surface area contributed by atoms with Gasteiger partial charge in [0.1, 0.15) is 5.82 Å². The molecule has 2 heterocycles. The Labute approximate surface area is 192 Å². The Morgan fingerprint density at radius 2 is 2.00 bits per heavy atom. The highest BCUT2D eigenvalue weighted by Crippen LogP contribution is 2.20. The highest BCUT2D eigenvalue weighted by atomic mass is 32.1. The van der Waals surface area contributed by atoms with Crippen LogP contribution in [0.25, 0.3) is 10.9 Å². The Morgan fingerprint density at radius 3 is 2.72 bits per heavy atom. The molecule has 5 nitrogen and oxygen atoms in total. The van der Waals surface area contributed by atoms with E-state index >= 15 is 0 Å². The van der Waals surface area contributed by atoms with Crippen LogP contribution in [0.1, 0.15) is 35.1 Å². The molecule has 7 heteroatoms. The van der Waals surface area contributed by atoms with Gasteiger partial charge in [0.15, 0.2) is 5.11 Å². The maximum absolute atomic E-state index is 13.4. The summed E-state index contributed by atoms with van der Waals surface area (Å²) in [5, 5.41) is 4.83. The Bertz CT molecular complexity index is 1170. The van der Waals surface area contributed by atoms with E-state index in [0.717, 1.165) is 47.0 Å². The topological polar surface area (TPSA) is 57.4 Å². The zero-order chi connectivity index (χ0) is 22.7. The molecule has 1 aliphatic heterocycles. The standard InChI is InChI=1S/C25H28FN3O2S/c1-16-5-8-19-12-20(24(30)28-23(19)17(16)2)15-29(14-18-6-9-21(26)10-7-18)25(32)27-13-22-4-3-11-31-22/h5-10,12,22H,3-4,11,13-15H2,1-2H3,(H,27,32)(H,28,30)/t22-/m0/s1. The number of nitrogens with one attached hydrogen (secondary N) is 2. The number of aryl methyl sites for hydroxylation is 2. The van der Waals surface area contributed by atoms with Crippen LogP contribution >= 0.6 is 12.2 Å². The minimum atomic E-state index is -0.281. The van der Waals surface area contributed by atoms with Crippen molar-refractivity contribution in [1.82, 2.24) is 15.2 Å². The molecule has 0 saturated carbocycles. The summed E-state index contributed by atoms with van der Waals surface area (Å²) < 4.78 is 19.1. The Hall–Kier alpha value is -2.77. The molecule has 1 aliphatic rings. The highest BCUT2D eigenvalue weighted by Gasteiger charge is 2.19. The van der Waals surface area contributed by atoms with Gasteiger partial charge in [0, 0.05) is 25.3 Å². The molecule has 168 valence electrons. The van der Waals surface area contributed by atoms with Gasteiger partial charge in [-0.1, -0.05) is 24.3 Å². The molecule has 0 radical (unpaired) electrons. The molecule has 1 fully saturated rings. The summed E-state index contributed by atoms with van der Waals surface area (Å²) in [6.07, 6.45) is 2.22. The van der Waals surface area contributed by atoms with Gasteiger partial charge < -0.3 is 19.9 Å². The first-order valence-electron chi connectivity index (χ1n) is 10.9. The van der Waals surface area contributed by atoms with Gasteiger partial charge in [-0.25, -0.2) is 4.39 Å². The largest absolute Gasteiger partial charge is 0.376 e. The first kappa shape index (κ1) is 22.4. The molecule has 0 aliphatic carbocycles. The van der Waals surface area contributed by atoms with Crippen LogP contribution in [0.3, 0.4) is 0 Å². The number of H-pyrrole nitrogens is 1. The fraction of sp³-hybridized carbons (Fsp3) is 0.360. The zero-order valence-electron chi connectivity index (χ0n) is 18.4. The molecule has 0 unspecified atom stereocenters. The van der Waals surface area contributed by atoms with Crippen molar-refractivity contribution in [3.8, 4) is 0 Å². The molecule has 4 rings (SSSR count). The van der Waals surface area contributed by atoms with Gasteiger partial charge >= 0.3 is 0 Å². The van der Waals surface area contributed by atoms with Crippen molar-refractivity contribution in [1.29, 1.82) is 0 Å². The quantitative estimate of drug-likeness (QED) is 0.544. The maximum Gasteiger partial charge on any atom is 0.253 e. The van der Waals surface area contributed by atoms with E-state index in [1.165, 1.54) is 12.1 Å². The van der Waals surface area contributed by atoms with Crippen LogP contribution in [-0.2, 0) is 17.8 Å². The fourth-order valence-corrected chi connectivity index (χ4v) is 4.23. The smallest absolute Gasteiger partial charge is 0.253 e. The van der Waals surface area contributed by atoms with Crippen molar-refractivity contribution in [2.24, 2.45) is 0 Å². The number of pyridine rings is 1. The van der Waals surface area contributed by atoms with Crippen LogP contribution in [0.15, 0.2) is 47.3 Å². The van der Waals surface area contributed by atoms with E-state index in [2.05, 4.69) is 16.4 Å². The molecule has 2 N–H and O–H groups in total. The normalized spacial score (nSPS) is 15.8. The lowest BCUT2D eigenvalue weighted by Gasteiger charge is -2.27. The number of aromatic amines is 1. The lowest BCUT2D eigenvalue weighted by molar-refractivity contribution is 0.113. The van der Waals surface area contributed by atoms with E-state index < -0.39 is 0 Å². The summed E-state index contributed by atoms with van der Waals surface area (Å²) in [6.45, 7) is 6.26. The van der Waals surface area contributed by atoms with E-state index in [1.807, 2.05) is 30.9 Å². The number of hydrogen-bond donors (Lipinski definition) is 2. The van der Waals surface area contributed by atoms with E-state index in [0.29, 0.717) is 30.3 Å². The van der Waals surface area contributed by atoms with Gasteiger partial charge in [-0.3, -0.25) is 4.79 Å². The fourth-order valence-electron chi connectivity index (χ4n) is 4.02. The molecule has 1 saturated heterocycles. The molecule has 1 aromatic heterocycles. The molecule has 3 aromatic rings. The van der Waals surface area contributed by atoms with Crippen LogP contribution < -0.4 is 10.9 Å². The summed E-state index contributed by atoms with van der Waals surface area (Å²) in [5.74, 6) is -0.281. The third kappa shape index (κ3) is 5.16. The van der Waals surface area contributed by atoms with E-state index in [4.69, 9.17) is 17.0 Å². The number of thiocarbonyl (C=S) groups is 1. The second-order valence-electron chi connectivity index (χ2n) is 8.40. The minimum absolute atomic E-state index is 0.128. The highest BCUT2D eigenvalue weighted by molar-refractivity contribution is 7.80. The van der Waals surface area contributed by atoms with Gasteiger partial charge in [0.25, 0.3) is 5.56 Å². The van der Waals surface area contributed by atoms with E-state index in [-0.39, 0.29) is 17.5 Å². The second-order valence-corrected chi connectivity index (χ2v) is 8.79. The number of halogens is 1. The van der Waals surface area contributed by atoms with E-state index in [1.54, 1.807) is 12.1 Å². The Morgan fingerprint density at radius 1 is 1.22 bits per heavy atom. The number of nitrogens with zero attached hydrogens (tertiary/aromatic N) is 1. The second kappa shape index (κ2) is 9.79. The predicted molar refractivity (Wildman–Crippen MR) is 129 cm³/mol. The van der Waals surface area contributed by atoms with Crippen LogP contribution in [0, 0.1) is 19.7 Å². The summed E-state index contributed by atoms with van der Waals surface area (Å²) in [6, 6.07) is 12.4. The van der Waals surface area contributed by atoms with Crippen molar-refractivity contribution in [2.45, 2.75) is 45.9 Å². The number of fused-ring (bicyclic) bond motifs is 1. The summed E-state index contributed by atoms with van der Waals surface area (Å²) in [4.78, 5) is 17.9. The van der Waals surface area contributed by atoms with Gasteiger partial charge in [-0.15, -0.1) is 0 Å². The SMILES string of the molecule is Cc1ccc2cc(CN(Cc3ccc(F)cc3)C(=S)NC[C@@H]3CCCO3)c(=O)[nH]c2c1C. The van der Waals surface area contributed by atoms with Crippen molar-refractivity contribution in [2.75, 3.05) is 13.2 Å². The molecule has 32 heavy (non-hydrogen) atoms. The Kier molecular flexibility index (Phi) is 6.86. The van der Waals surface area contributed by atoms with Crippen LogP contribution in [0.4, 0.5) is 4.39 Å². The summed E-state index contributed by atoms with van der Waals surface area (Å²) in [5.41, 5.74) is 4.49. The summed E-state index contributed by atoms with van der Waals surface area (Å²) in [7, 11) is 0. The molecule has 2 aromatic carbocycles. The number of ether oxygens (including phenoxy) is 1. The number of rotatable bonds is 6. The minimum Gasteiger partial charge on any atom is -0.376 e. The zero-order valence-corrected chi connectivity index (χ0v) is 19.2. The van der Waals surface area contributed by atoms with Gasteiger partial charge in [0.05, 0.1) is 18.2 Å². The predicted octanol–water partition coefficient (Wildman–Crippen LogP) is 4.34. The van der Waals surface area contributed by atoms with Gasteiger partial charge in [0.2, 0.25) is 0 Å².